The summed E-state index contributed by atoms with van der Waals surface area (Å²) < 4.78 is 11.2. The Morgan fingerprint density at radius 1 is 0.966 bits per heavy atom. The number of aliphatic hydroxyl groups excluding tert-OH is 1. The molecule has 0 unspecified atom stereocenters. The van der Waals surface area contributed by atoms with Gasteiger partial charge < -0.3 is 30.9 Å². The van der Waals surface area contributed by atoms with Crippen molar-refractivity contribution in [1.29, 1.82) is 0 Å². The van der Waals surface area contributed by atoms with E-state index in [1.807, 2.05) is 51.1 Å². The molecule has 4 rings (SSSR count). The summed E-state index contributed by atoms with van der Waals surface area (Å²) in [6.45, 7) is 13.4. The highest BCUT2D eigenvalue weighted by molar-refractivity contribution is 6.24. The number of ketones is 2. The fourth-order valence-corrected chi connectivity index (χ4v) is 7.42. The van der Waals surface area contributed by atoms with Gasteiger partial charge in [-0.15, -0.1) is 0 Å². The van der Waals surface area contributed by atoms with Gasteiger partial charge in [0.2, 0.25) is 11.6 Å². The van der Waals surface area contributed by atoms with E-state index in [9.17, 15) is 29.1 Å². The van der Waals surface area contributed by atoms with Gasteiger partial charge in [-0.25, -0.2) is 4.79 Å². The highest BCUT2D eigenvalue weighted by atomic mass is 16.6. The van der Waals surface area contributed by atoms with E-state index in [-0.39, 0.29) is 47.2 Å². The number of carbonyl (C=O) groups excluding carboxylic acids is 5. The molecule has 2 aromatic carbocycles. The molecule has 2 bridgehead atoms. The van der Waals surface area contributed by atoms with Gasteiger partial charge in [-0.3, -0.25) is 24.1 Å². The topological polar surface area (TPSA) is 177 Å². The Bertz CT molecular complexity index is 1980. The van der Waals surface area contributed by atoms with Crippen molar-refractivity contribution in [3.05, 3.63) is 130 Å². The molecule has 1 aliphatic heterocycles. The van der Waals surface area contributed by atoms with E-state index in [0.29, 0.717) is 17.7 Å². The predicted molar refractivity (Wildman–Crippen MR) is 227 cm³/mol. The second-order valence-electron chi connectivity index (χ2n) is 15.8. The van der Waals surface area contributed by atoms with Crippen LogP contribution < -0.4 is 16.4 Å². The van der Waals surface area contributed by atoms with Crippen LogP contribution in [0, 0.1) is 17.8 Å². The van der Waals surface area contributed by atoms with Crippen molar-refractivity contribution < 1.29 is 38.6 Å². The molecule has 1 heterocycles. The molecule has 2 aliphatic rings. The molecule has 59 heavy (non-hydrogen) atoms. The van der Waals surface area contributed by atoms with Crippen molar-refractivity contribution in [2.45, 2.75) is 98.6 Å². The van der Waals surface area contributed by atoms with Crippen LogP contribution in [0.3, 0.4) is 0 Å². The van der Waals surface area contributed by atoms with E-state index in [1.54, 1.807) is 44.2 Å². The standard InChI is InChI=1S/C47H60N4O8/c1-8-9-22-51(27-34-16-11-10-12-17-34)28-35-18-20-36(21-19-35)46(56)50-41-37-23-29(2)24-40(58-7)42(53)32(5)25-33(6)44(59-47(48)57)30(3)14-13-15-31(4)45(55)49-38(43(37)54)26-39(41)52/h10-21,25-26,29-30,32,40,42,44,53H,8-9,22-24,27-28H2,1-7H3,(H2,48,57)(H,49,55)(H,50,56)/b14-13-,31-15+,33-25+/t29-,30+,32+,40+,42-,44-/m1/s1. The Balaban J connectivity index is 1.63. The van der Waals surface area contributed by atoms with Gasteiger partial charge in [0.05, 0.1) is 23.6 Å². The molecular formula is C47H60N4O8. The van der Waals surface area contributed by atoms with E-state index in [1.165, 1.54) is 18.7 Å². The van der Waals surface area contributed by atoms with Crippen LogP contribution in [0.15, 0.2) is 113 Å². The number of amides is 3. The van der Waals surface area contributed by atoms with Crippen molar-refractivity contribution >= 4 is 29.5 Å². The maximum absolute atomic E-state index is 14.1. The number of hydrogen-bond acceptors (Lipinski definition) is 9. The number of aliphatic hydroxyl groups is 1. The normalized spacial score (nSPS) is 25.9. The smallest absolute Gasteiger partial charge is 0.405 e. The molecule has 0 radical (unpaired) electrons. The first kappa shape index (κ1) is 46.3. The third kappa shape index (κ3) is 13.3. The van der Waals surface area contributed by atoms with Gasteiger partial charge in [0.15, 0.2) is 0 Å². The third-order valence-corrected chi connectivity index (χ3v) is 10.8. The summed E-state index contributed by atoms with van der Waals surface area (Å²) in [6.07, 6.45) is 6.76. The largest absolute Gasteiger partial charge is 0.441 e. The van der Waals surface area contributed by atoms with Gasteiger partial charge in [0, 0.05) is 54.8 Å². The number of carbonyl (C=O) groups is 5. The number of benzene rings is 2. The van der Waals surface area contributed by atoms with Crippen LogP contribution in [0.4, 0.5) is 4.79 Å². The molecule has 0 spiro atoms. The second kappa shape index (κ2) is 22.1. The molecule has 0 aromatic heterocycles. The van der Waals surface area contributed by atoms with Gasteiger partial charge >= 0.3 is 6.09 Å². The quantitative estimate of drug-likeness (QED) is 0.144. The molecule has 1 aliphatic carbocycles. The molecule has 0 fully saturated rings. The van der Waals surface area contributed by atoms with Crippen molar-refractivity contribution in [3.63, 3.8) is 0 Å². The minimum Gasteiger partial charge on any atom is -0.441 e. The number of rotatable bonds is 11. The van der Waals surface area contributed by atoms with Gasteiger partial charge in [-0.1, -0.05) is 101 Å². The summed E-state index contributed by atoms with van der Waals surface area (Å²) in [6, 6.07) is 17.5. The number of nitrogens with two attached hydrogens (primary N) is 1. The predicted octanol–water partition coefficient (Wildman–Crippen LogP) is 6.62. The number of Topliss-reactive ketones (excluding diaryl/α,β-unsaturated/α-hetero) is 1. The van der Waals surface area contributed by atoms with E-state index in [2.05, 4.69) is 34.6 Å². The number of allylic oxidation sites excluding steroid dienone is 4. The van der Waals surface area contributed by atoms with Crippen LogP contribution in [-0.2, 0) is 36.9 Å². The SMILES string of the molecule is CCCCN(Cc1ccccc1)Cc1ccc(C(=O)NC2=C3C[C@@H](C)C[C@H](OC)[C@H](O)[C@@H](C)/C=C(\C)[C@H](OC(N)=O)[C@@H](C)/C=C\C=C(/C)C(=O)NC(=CC2=O)C3=O)cc1. The van der Waals surface area contributed by atoms with E-state index in [0.717, 1.165) is 37.6 Å². The zero-order chi connectivity index (χ0) is 43.2. The zero-order valence-electron chi connectivity index (χ0n) is 35.3. The van der Waals surface area contributed by atoms with Gasteiger partial charge in [0.1, 0.15) is 6.10 Å². The maximum atomic E-state index is 14.1. The molecule has 2 aromatic rings. The lowest BCUT2D eigenvalue weighted by atomic mass is 9.85. The number of ether oxygens (including phenoxy) is 2. The van der Waals surface area contributed by atoms with Crippen molar-refractivity contribution in [2.75, 3.05) is 13.7 Å². The Labute approximate surface area is 348 Å². The fraction of sp³-hybridized carbons (Fsp3) is 0.426. The van der Waals surface area contributed by atoms with Crippen LogP contribution in [0.25, 0.3) is 0 Å². The summed E-state index contributed by atoms with van der Waals surface area (Å²) in [5.41, 5.74) is 8.51. The van der Waals surface area contributed by atoms with Crippen molar-refractivity contribution in [1.82, 2.24) is 15.5 Å². The summed E-state index contributed by atoms with van der Waals surface area (Å²) in [5, 5.41) is 16.8. The number of fused-ring (bicyclic) bond motifs is 2. The molecular weight excluding hydrogens is 749 g/mol. The third-order valence-electron chi connectivity index (χ3n) is 10.8. The van der Waals surface area contributed by atoms with Gasteiger partial charge in [-0.2, -0.15) is 0 Å². The zero-order valence-corrected chi connectivity index (χ0v) is 35.3. The van der Waals surface area contributed by atoms with Gasteiger partial charge in [0.25, 0.3) is 11.8 Å². The lowest BCUT2D eigenvalue weighted by Crippen LogP contribution is -2.38. The lowest BCUT2D eigenvalue weighted by Gasteiger charge is -2.29. The Morgan fingerprint density at radius 2 is 1.63 bits per heavy atom. The molecule has 316 valence electrons. The van der Waals surface area contributed by atoms with E-state index in [4.69, 9.17) is 15.2 Å². The summed E-state index contributed by atoms with van der Waals surface area (Å²) in [4.78, 5) is 69.2. The first-order chi connectivity index (χ1) is 28.1. The number of hydrogen-bond donors (Lipinski definition) is 4. The number of nitrogens with one attached hydrogen (secondary N) is 2. The van der Waals surface area contributed by atoms with Crippen molar-refractivity contribution in [3.8, 4) is 0 Å². The minimum absolute atomic E-state index is 0.0285. The molecule has 12 heteroatoms. The number of primary amides is 1. The first-order valence-electron chi connectivity index (χ1n) is 20.3. The number of methoxy groups -OCH3 is 1. The fourth-order valence-electron chi connectivity index (χ4n) is 7.42. The number of unbranched alkanes of at least 4 members (excludes halogenated alkanes) is 1. The van der Waals surface area contributed by atoms with Crippen LogP contribution >= 0.6 is 0 Å². The Morgan fingerprint density at radius 3 is 2.25 bits per heavy atom. The molecule has 5 N–H and O–H groups in total. The number of nitrogens with zero attached hydrogens (tertiary/aromatic N) is 1. The average Bonchev–Trinajstić information content (AvgIpc) is 3.20. The summed E-state index contributed by atoms with van der Waals surface area (Å²) >= 11 is 0. The molecule has 6 atom stereocenters. The highest BCUT2D eigenvalue weighted by Crippen LogP contribution is 2.29. The van der Waals surface area contributed by atoms with Crippen molar-refractivity contribution in [2.24, 2.45) is 23.5 Å². The average molecular weight is 809 g/mol. The highest BCUT2D eigenvalue weighted by Gasteiger charge is 2.34. The van der Waals surface area contributed by atoms with Crippen LogP contribution in [0.2, 0.25) is 0 Å². The molecule has 12 nitrogen and oxygen atoms in total. The monoisotopic (exact) mass is 808 g/mol. The second-order valence-corrected chi connectivity index (χ2v) is 15.8. The Kier molecular flexibility index (Phi) is 17.3. The van der Waals surface area contributed by atoms with E-state index < -0.39 is 53.7 Å². The molecule has 0 saturated carbocycles. The maximum Gasteiger partial charge on any atom is 0.405 e. The first-order valence-corrected chi connectivity index (χ1v) is 20.3. The summed E-state index contributed by atoms with van der Waals surface area (Å²) in [5.74, 6) is -3.59. The van der Waals surface area contributed by atoms with Gasteiger partial charge in [-0.05, 0) is 74.4 Å². The molecule has 0 saturated heterocycles. The lowest BCUT2D eigenvalue weighted by molar-refractivity contribution is -0.120. The van der Waals surface area contributed by atoms with Crippen LogP contribution in [-0.4, -0.2) is 71.4 Å². The Hall–Kier alpha value is -5.43. The van der Waals surface area contributed by atoms with Crippen LogP contribution in [0.1, 0.15) is 88.7 Å². The molecule has 3 amide bonds. The van der Waals surface area contributed by atoms with E-state index >= 15 is 0 Å². The minimum atomic E-state index is -1.00. The summed E-state index contributed by atoms with van der Waals surface area (Å²) in [7, 11) is 1.48. The van der Waals surface area contributed by atoms with Crippen LogP contribution in [0.5, 0.6) is 0 Å².